The molecule has 0 heterocycles. The third kappa shape index (κ3) is 61.6. The first-order valence-corrected chi connectivity index (χ1v) is 38.7. The number of aliphatic hydroxyl groups excluding tert-OH is 1. The molecule has 0 aliphatic rings. The van der Waals surface area contributed by atoms with E-state index in [4.69, 9.17) is 37.0 Å². The molecule has 3 unspecified atom stereocenters. The lowest BCUT2D eigenvalue weighted by Gasteiger charge is -2.21. The van der Waals surface area contributed by atoms with E-state index in [-0.39, 0.29) is 25.7 Å². The highest BCUT2D eigenvalue weighted by atomic mass is 31.2. The van der Waals surface area contributed by atoms with Crippen LogP contribution >= 0.6 is 15.6 Å². The van der Waals surface area contributed by atoms with E-state index in [1.165, 1.54) is 135 Å². The maximum Gasteiger partial charge on any atom is 0.472 e. The Bertz CT molecular complexity index is 1750. The summed E-state index contributed by atoms with van der Waals surface area (Å²) in [6.45, 7) is 14.0. The molecule has 0 amide bonds. The van der Waals surface area contributed by atoms with Crippen molar-refractivity contribution >= 4 is 39.5 Å². The van der Waals surface area contributed by atoms with Crippen LogP contribution in [-0.4, -0.2) is 96.7 Å². The average molecular weight is 1300 g/mol. The molecule has 88 heavy (non-hydrogen) atoms. The van der Waals surface area contributed by atoms with E-state index < -0.39 is 97.5 Å². The van der Waals surface area contributed by atoms with Gasteiger partial charge in [-0.25, -0.2) is 9.13 Å². The second-order valence-corrected chi connectivity index (χ2v) is 29.5. The zero-order valence-corrected chi connectivity index (χ0v) is 59.1. The molecule has 3 N–H and O–H groups in total. The van der Waals surface area contributed by atoms with Gasteiger partial charge in [0.15, 0.2) is 12.2 Å². The number of carbonyl (C=O) groups is 4. The van der Waals surface area contributed by atoms with Crippen LogP contribution < -0.4 is 0 Å². The Labute approximate surface area is 537 Å². The predicted molar refractivity (Wildman–Crippen MR) is 354 cm³/mol. The van der Waals surface area contributed by atoms with E-state index in [1.54, 1.807) is 0 Å². The minimum atomic E-state index is -4.95. The van der Waals surface area contributed by atoms with Crippen LogP contribution in [0.15, 0.2) is 0 Å². The van der Waals surface area contributed by atoms with E-state index in [2.05, 4.69) is 55.4 Å². The smallest absolute Gasteiger partial charge is 0.462 e. The van der Waals surface area contributed by atoms with Crippen LogP contribution in [0, 0.1) is 23.7 Å². The van der Waals surface area contributed by atoms with Gasteiger partial charge in [-0.3, -0.25) is 37.3 Å². The van der Waals surface area contributed by atoms with Crippen molar-refractivity contribution < 1.29 is 80.2 Å². The number of hydrogen-bond donors (Lipinski definition) is 3. The van der Waals surface area contributed by atoms with Gasteiger partial charge in [0.1, 0.15) is 19.3 Å². The molecule has 0 saturated carbocycles. The van der Waals surface area contributed by atoms with Gasteiger partial charge in [0, 0.05) is 25.7 Å². The highest BCUT2D eigenvalue weighted by Crippen LogP contribution is 2.45. The molecule has 0 aliphatic carbocycles. The molecule has 0 rings (SSSR count). The topological polar surface area (TPSA) is 237 Å². The van der Waals surface area contributed by atoms with Gasteiger partial charge < -0.3 is 33.8 Å². The molecule has 0 radical (unpaired) electrons. The van der Waals surface area contributed by atoms with E-state index >= 15 is 0 Å². The molecule has 0 aromatic carbocycles. The molecule has 0 aromatic heterocycles. The van der Waals surface area contributed by atoms with Gasteiger partial charge in [-0.05, 0) is 49.4 Å². The van der Waals surface area contributed by atoms with Crippen LogP contribution in [0.3, 0.4) is 0 Å². The van der Waals surface area contributed by atoms with Crippen LogP contribution in [0.25, 0.3) is 0 Å². The Morgan fingerprint density at radius 3 is 0.807 bits per heavy atom. The predicted octanol–water partition coefficient (Wildman–Crippen LogP) is 19.3. The standard InChI is InChI=1S/C69H134O17P2/c1-9-62(8)48-40-32-27-28-34-42-50-67(72)80-56-65(86-69(74)52-44-36-26-20-23-31-39-47-61(6)7)58-84-88(77,78)82-54-63(70)53-81-87(75,76)83-57-64(55-79-66(71)49-41-33-24-19-18-22-30-38-46-60(4)5)85-68(73)51-43-35-25-17-15-13-11-10-12-14-16-21-29-37-45-59(2)3/h59-65,70H,9-58H2,1-8H3,(H,75,76)(H,77,78)/t62?,63-,64-,65-/m1/s1. The van der Waals surface area contributed by atoms with E-state index in [9.17, 15) is 43.2 Å². The van der Waals surface area contributed by atoms with Crippen molar-refractivity contribution in [2.45, 2.75) is 356 Å². The quantitative estimate of drug-likeness (QED) is 0.0222. The van der Waals surface area contributed by atoms with Crippen LogP contribution in [0.2, 0.25) is 0 Å². The zero-order chi connectivity index (χ0) is 65.4. The lowest BCUT2D eigenvalue weighted by molar-refractivity contribution is -0.161. The number of phosphoric acid groups is 2. The maximum atomic E-state index is 13.0. The molecule has 522 valence electrons. The Balaban J connectivity index is 5.23. The number of carbonyl (C=O) groups excluding carboxylic acids is 4. The van der Waals surface area contributed by atoms with Gasteiger partial charge in [0.2, 0.25) is 0 Å². The van der Waals surface area contributed by atoms with Crippen LogP contribution in [-0.2, 0) is 65.4 Å². The fourth-order valence-electron chi connectivity index (χ4n) is 10.3. The number of hydrogen-bond acceptors (Lipinski definition) is 15. The van der Waals surface area contributed by atoms with Crippen molar-refractivity contribution in [1.82, 2.24) is 0 Å². The summed E-state index contributed by atoms with van der Waals surface area (Å²) in [5.41, 5.74) is 0. The number of unbranched alkanes of at least 4 members (excludes halogenated alkanes) is 31. The van der Waals surface area contributed by atoms with Crippen molar-refractivity contribution in [1.29, 1.82) is 0 Å². The van der Waals surface area contributed by atoms with Gasteiger partial charge in [-0.2, -0.15) is 0 Å². The molecule has 0 bridgehead atoms. The summed E-state index contributed by atoms with van der Waals surface area (Å²) in [5, 5.41) is 10.6. The van der Waals surface area contributed by atoms with Crippen molar-refractivity contribution in [3.05, 3.63) is 0 Å². The van der Waals surface area contributed by atoms with Crippen LogP contribution in [0.5, 0.6) is 0 Å². The number of aliphatic hydroxyl groups is 1. The Morgan fingerprint density at radius 2 is 0.545 bits per heavy atom. The highest BCUT2D eigenvalue weighted by molar-refractivity contribution is 7.47. The first kappa shape index (κ1) is 86.1. The minimum absolute atomic E-state index is 0.102. The second-order valence-electron chi connectivity index (χ2n) is 26.6. The minimum Gasteiger partial charge on any atom is -0.462 e. The molecule has 17 nitrogen and oxygen atoms in total. The largest absolute Gasteiger partial charge is 0.472 e. The van der Waals surface area contributed by atoms with E-state index in [1.807, 2.05) is 0 Å². The highest BCUT2D eigenvalue weighted by Gasteiger charge is 2.30. The molecule has 0 saturated heterocycles. The summed E-state index contributed by atoms with van der Waals surface area (Å²) in [5.74, 6) is 0.814. The summed E-state index contributed by atoms with van der Waals surface area (Å²) in [4.78, 5) is 72.4. The monoisotopic (exact) mass is 1300 g/mol. The normalized spacial score (nSPS) is 14.6. The summed E-state index contributed by atoms with van der Waals surface area (Å²) in [6, 6.07) is 0. The summed E-state index contributed by atoms with van der Waals surface area (Å²) in [6.07, 6.45) is 40.5. The summed E-state index contributed by atoms with van der Waals surface area (Å²) in [7, 11) is -9.90. The van der Waals surface area contributed by atoms with Gasteiger partial charge >= 0.3 is 39.5 Å². The van der Waals surface area contributed by atoms with Crippen molar-refractivity contribution in [3.8, 4) is 0 Å². The van der Waals surface area contributed by atoms with Crippen molar-refractivity contribution in [3.63, 3.8) is 0 Å². The third-order valence-corrected chi connectivity index (χ3v) is 18.1. The lowest BCUT2D eigenvalue weighted by Crippen LogP contribution is -2.30. The Kier molecular flexibility index (Phi) is 57.6. The molecule has 0 aliphatic heterocycles. The van der Waals surface area contributed by atoms with E-state index in [0.717, 1.165) is 114 Å². The van der Waals surface area contributed by atoms with Crippen molar-refractivity contribution in [2.24, 2.45) is 23.7 Å². The molecule has 0 fully saturated rings. The number of rotatable bonds is 66. The molecular formula is C69H134O17P2. The molecule has 0 spiro atoms. The molecular weight excluding hydrogens is 1160 g/mol. The van der Waals surface area contributed by atoms with E-state index in [0.29, 0.717) is 31.6 Å². The summed E-state index contributed by atoms with van der Waals surface area (Å²) < 4.78 is 68.2. The SMILES string of the molecule is CCC(C)CCCCCCCCC(=O)OC[C@H](COP(=O)(O)OC[C@H](O)COP(=O)(O)OC[C@@H](COC(=O)CCCCCCCCCCC(C)C)OC(=O)CCCCCCCCCCCCCCCCC(C)C)OC(=O)CCCCCCCCCC(C)C. The van der Waals surface area contributed by atoms with Gasteiger partial charge in [0.05, 0.1) is 26.4 Å². The number of phosphoric ester groups is 2. The Hall–Kier alpha value is -1.94. The first-order valence-electron chi connectivity index (χ1n) is 35.7. The van der Waals surface area contributed by atoms with Crippen LogP contribution in [0.4, 0.5) is 0 Å². The summed E-state index contributed by atoms with van der Waals surface area (Å²) >= 11 is 0. The fourth-order valence-corrected chi connectivity index (χ4v) is 11.9. The van der Waals surface area contributed by atoms with Gasteiger partial charge in [-0.1, -0.05) is 287 Å². The number of ether oxygens (including phenoxy) is 4. The number of esters is 4. The molecule has 19 heteroatoms. The average Bonchev–Trinajstić information content (AvgIpc) is 3.57. The van der Waals surface area contributed by atoms with Crippen LogP contribution in [0.1, 0.15) is 338 Å². The lowest BCUT2D eigenvalue weighted by atomic mass is 10.00. The second kappa shape index (κ2) is 58.8. The Morgan fingerprint density at radius 1 is 0.318 bits per heavy atom. The molecule has 0 aromatic rings. The first-order chi connectivity index (χ1) is 42.1. The fraction of sp³-hybridized carbons (Fsp3) is 0.942. The zero-order valence-electron chi connectivity index (χ0n) is 57.3. The molecule has 6 atom stereocenters. The van der Waals surface area contributed by atoms with Gasteiger partial charge in [-0.15, -0.1) is 0 Å². The third-order valence-electron chi connectivity index (χ3n) is 16.2. The van der Waals surface area contributed by atoms with Gasteiger partial charge in [0.25, 0.3) is 0 Å². The maximum absolute atomic E-state index is 13.0. The van der Waals surface area contributed by atoms with Crippen molar-refractivity contribution in [2.75, 3.05) is 39.6 Å².